The second kappa shape index (κ2) is 7.87. The number of allylic oxidation sites excluding steroid dienone is 3. The second-order valence-corrected chi connectivity index (χ2v) is 5.92. The molecule has 0 aliphatic heterocycles. The molecule has 22 heavy (non-hydrogen) atoms. The van der Waals surface area contributed by atoms with E-state index in [1.807, 2.05) is 19.9 Å². The van der Waals surface area contributed by atoms with Gasteiger partial charge in [-0.05, 0) is 32.9 Å². The van der Waals surface area contributed by atoms with Crippen LogP contribution in [0, 0.1) is 6.92 Å². The van der Waals surface area contributed by atoms with Crippen LogP contribution in [0.2, 0.25) is 0 Å². The zero-order chi connectivity index (χ0) is 15.9. The molecule has 4 nitrogen and oxygen atoms in total. The minimum Gasteiger partial charge on any atom is -0.496 e. The Morgan fingerprint density at radius 3 is 2.41 bits per heavy atom. The second-order valence-electron chi connectivity index (χ2n) is 4.80. The van der Waals surface area contributed by atoms with Crippen molar-refractivity contribution < 1.29 is 14.3 Å². The van der Waals surface area contributed by atoms with Crippen molar-refractivity contribution in [1.82, 2.24) is 0 Å². The zero-order valence-corrected chi connectivity index (χ0v) is 13.9. The summed E-state index contributed by atoms with van der Waals surface area (Å²) in [5.41, 5.74) is 10.9. The summed E-state index contributed by atoms with van der Waals surface area (Å²) in [6, 6.07) is 8.33. The first-order valence-electron chi connectivity index (χ1n) is 7.34. The fourth-order valence-corrected chi connectivity index (χ4v) is 3.03. The normalized spacial score (nSPS) is 14.5. The Balaban J connectivity index is 2.33. The smallest absolute Gasteiger partial charge is 0.340 e. The van der Waals surface area contributed by atoms with E-state index in [4.69, 9.17) is 15.0 Å². The fraction of sp³-hybridized carbons (Fsp3) is 0.353. The maximum Gasteiger partial charge on any atom is 0.340 e. The molecule has 0 fully saturated rings. The summed E-state index contributed by atoms with van der Waals surface area (Å²) in [4.78, 5) is 5.45. The van der Waals surface area contributed by atoms with E-state index < -0.39 is 0 Å². The van der Waals surface area contributed by atoms with Gasteiger partial charge in [0.25, 0.3) is 0 Å². The van der Waals surface area contributed by atoms with Gasteiger partial charge in [-0.25, -0.2) is 0 Å². The van der Waals surface area contributed by atoms with Crippen molar-refractivity contribution in [2.24, 2.45) is 0 Å². The number of benzene rings is 1. The molecule has 0 N–H and O–H groups in total. The molecule has 2 rings (SSSR count). The highest BCUT2D eigenvalue weighted by Gasteiger charge is 2.28. The lowest BCUT2D eigenvalue weighted by molar-refractivity contribution is -0.0134. The van der Waals surface area contributed by atoms with Crippen molar-refractivity contribution in [1.29, 1.82) is 0 Å². The summed E-state index contributed by atoms with van der Waals surface area (Å²) in [5, 5.41) is 0. The quantitative estimate of drug-likeness (QED) is 0.580. The molecule has 1 aliphatic rings. The third-order valence-electron chi connectivity index (χ3n) is 3.14. The van der Waals surface area contributed by atoms with Crippen molar-refractivity contribution in [2.45, 2.75) is 32.1 Å². The molecule has 0 atom stereocenters. The van der Waals surface area contributed by atoms with Crippen LogP contribution in [0.1, 0.15) is 25.8 Å². The molecule has 0 saturated carbocycles. The fourth-order valence-electron chi connectivity index (χ4n) is 2.09. The molecule has 0 saturated heterocycles. The van der Waals surface area contributed by atoms with E-state index in [1.165, 1.54) is 5.56 Å². The topological polar surface area (TPSA) is 54.9 Å². The molecule has 0 heterocycles. The van der Waals surface area contributed by atoms with Crippen molar-refractivity contribution in [3.05, 3.63) is 57.9 Å². The van der Waals surface area contributed by atoms with Crippen LogP contribution in [0.4, 0.5) is 0 Å². The van der Waals surface area contributed by atoms with Gasteiger partial charge >= 0.3 is 5.71 Å². The highest BCUT2D eigenvalue weighted by atomic mass is 32.2. The van der Waals surface area contributed by atoms with Gasteiger partial charge in [0.05, 0.1) is 18.1 Å². The highest BCUT2D eigenvalue weighted by Crippen LogP contribution is 2.35. The van der Waals surface area contributed by atoms with Crippen LogP contribution in [0.5, 0.6) is 0 Å². The van der Waals surface area contributed by atoms with Gasteiger partial charge in [0.15, 0.2) is 0 Å². The van der Waals surface area contributed by atoms with Crippen molar-refractivity contribution in [2.75, 3.05) is 13.2 Å². The molecule has 0 unspecified atom stereocenters. The van der Waals surface area contributed by atoms with E-state index in [1.54, 1.807) is 11.8 Å². The Morgan fingerprint density at radius 2 is 1.82 bits per heavy atom. The average Bonchev–Trinajstić information content (AvgIpc) is 2.52. The number of aryl methyl sites for hydroxylation is 1. The third-order valence-corrected chi connectivity index (χ3v) is 4.21. The number of thioether (sulfide) groups is 1. The number of hydrogen-bond donors (Lipinski definition) is 0. The molecule has 1 aromatic carbocycles. The average molecular weight is 316 g/mol. The van der Waals surface area contributed by atoms with E-state index in [2.05, 4.69) is 36.0 Å². The molecule has 0 spiro atoms. The highest BCUT2D eigenvalue weighted by molar-refractivity contribution is 8.03. The number of rotatable bonds is 6. The monoisotopic (exact) mass is 316 g/mol. The minimum absolute atomic E-state index is 0.435. The molecule has 0 bridgehead atoms. The largest absolute Gasteiger partial charge is 0.496 e. The summed E-state index contributed by atoms with van der Waals surface area (Å²) in [6.07, 6.45) is 2.32. The van der Waals surface area contributed by atoms with Crippen LogP contribution >= 0.6 is 11.8 Å². The molecule has 0 radical (unpaired) electrons. The van der Waals surface area contributed by atoms with Crippen LogP contribution < -0.4 is 0 Å². The Hall–Kier alpha value is -1.97. The number of hydrogen-bond acceptors (Lipinski definition) is 3. The van der Waals surface area contributed by atoms with Crippen molar-refractivity contribution in [3.63, 3.8) is 0 Å². The van der Waals surface area contributed by atoms with Gasteiger partial charge < -0.3 is 15.0 Å². The molecule has 0 aromatic heterocycles. The van der Waals surface area contributed by atoms with Gasteiger partial charge in [-0.15, -0.1) is 0 Å². The molecule has 0 amide bonds. The standard InChI is InChI=1S/C17H20N2O2S/c1-4-20-15-11-17(16(21-5-2)10-14(15)19-18)22-13-8-6-12(3)7-9-13/h6-9,11H,4-5,10H2,1-3H3. The van der Waals surface area contributed by atoms with E-state index in [-0.39, 0.29) is 0 Å². The maximum absolute atomic E-state index is 9.16. The Labute approximate surface area is 135 Å². The first kappa shape index (κ1) is 16.4. The molecule has 1 aliphatic carbocycles. The Morgan fingerprint density at radius 1 is 1.14 bits per heavy atom. The molecular formula is C17H20N2O2S. The van der Waals surface area contributed by atoms with Crippen molar-refractivity contribution in [3.8, 4) is 0 Å². The lowest BCUT2D eigenvalue weighted by atomic mass is 10.1. The third kappa shape index (κ3) is 4.03. The van der Waals surface area contributed by atoms with Crippen molar-refractivity contribution >= 4 is 17.5 Å². The molecular weight excluding hydrogens is 296 g/mol. The summed E-state index contributed by atoms with van der Waals surface area (Å²) >= 11 is 1.63. The van der Waals surface area contributed by atoms with Gasteiger partial charge in [0.1, 0.15) is 12.2 Å². The predicted octanol–water partition coefficient (Wildman–Crippen LogP) is 4.33. The van der Waals surface area contributed by atoms with E-state index in [0.29, 0.717) is 31.1 Å². The first-order valence-corrected chi connectivity index (χ1v) is 8.15. The summed E-state index contributed by atoms with van der Waals surface area (Å²) < 4.78 is 11.3. The lowest BCUT2D eigenvalue weighted by Gasteiger charge is -2.17. The van der Waals surface area contributed by atoms with Gasteiger partial charge in [0, 0.05) is 11.0 Å². The first-order chi connectivity index (χ1) is 10.7. The van der Waals surface area contributed by atoms with Crippen LogP contribution in [0.3, 0.4) is 0 Å². The summed E-state index contributed by atoms with van der Waals surface area (Å²) in [7, 11) is 0. The molecule has 5 heteroatoms. The van der Waals surface area contributed by atoms with Crippen LogP contribution in [0.25, 0.3) is 5.53 Å². The van der Waals surface area contributed by atoms with Crippen LogP contribution in [-0.2, 0) is 9.47 Å². The van der Waals surface area contributed by atoms with Gasteiger partial charge in [-0.3, -0.25) is 0 Å². The molecule has 1 aromatic rings. The van der Waals surface area contributed by atoms with E-state index in [9.17, 15) is 0 Å². The van der Waals surface area contributed by atoms with Gasteiger partial charge in [-0.1, -0.05) is 29.5 Å². The predicted molar refractivity (Wildman–Crippen MR) is 88.6 cm³/mol. The van der Waals surface area contributed by atoms with Gasteiger partial charge in [0.2, 0.25) is 5.76 Å². The number of ether oxygens (including phenoxy) is 2. The summed E-state index contributed by atoms with van der Waals surface area (Å²) in [5.74, 6) is 1.41. The minimum atomic E-state index is 0.435. The van der Waals surface area contributed by atoms with Crippen LogP contribution in [-0.4, -0.2) is 23.7 Å². The Bertz CT molecular complexity index is 641. The van der Waals surface area contributed by atoms with Crippen LogP contribution in [0.15, 0.2) is 51.7 Å². The van der Waals surface area contributed by atoms with Gasteiger partial charge in [-0.2, -0.15) is 4.79 Å². The molecule has 116 valence electrons. The maximum atomic E-state index is 9.16. The number of nitrogens with zero attached hydrogens (tertiary/aromatic N) is 2. The Kier molecular flexibility index (Phi) is 5.87. The summed E-state index contributed by atoms with van der Waals surface area (Å²) in [6.45, 7) is 7.02. The van der Waals surface area contributed by atoms with E-state index >= 15 is 0 Å². The zero-order valence-electron chi connectivity index (χ0n) is 13.1. The van der Waals surface area contributed by atoms with E-state index in [0.717, 1.165) is 15.6 Å². The lowest BCUT2D eigenvalue weighted by Crippen LogP contribution is -2.15. The SMILES string of the molecule is CCOC1=CC(Sc2ccc(C)cc2)=C(OCC)CC1=[N+]=[N-].